The summed E-state index contributed by atoms with van der Waals surface area (Å²) < 4.78 is 26.2. The molecule has 1 aliphatic heterocycles. The predicted molar refractivity (Wildman–Crippen MR) is 63.5 cm³/mol. The van der Waals surface area contributed by atoms with Gasteiger partial charge in [0, 0.05) is 6.42 Å². The van der Waals surface area contributed by atoms with Crippen LogP contribution in [-0.2, 0) is 10.0 Å². The van der Waals surface area contributed by atoms with Crippen LogP contribution < -0.4 is 4.72 Å². The normalized spacial score (nSPS) is 17.2. The second-order valence-electron chi connectivity index (χ2n) is 3.89. The summed E-state index contributed by atoms with van der Waals surface area (Å²) in [4.78, 5) is 4.58. The summed E-state index contributed by atoms with van der Waals surface area (Å²) in [5.74, 6) is 0.528. The van der Waals surface area contributed by atoms with Crippen LogP contribution in [0.5, 0.6) is 0 Å². The van der Waals surface area contributed by atoms with Crippen LogP contribution in [-0.4, -0.2) is 14.3 Å². The zero-order valence-corrected chi connectivity index (χ0v) is 10.1. The number of rotatable bonds is 2. The molecule has 0 unspecified atom stereocenters. The van der Waals surface area contributed by atoms with E-state index in [9.17, 15) is 8.42 Å². The van der Waals surface area contributed by atoms with Crippen molar-refractivity contribution in [1.82, 2.24) is 4.72 Å². The van der Waals surface area contributed by atoms with Gasteiger partial charge in [-0.25, -0.2) is 13.4 Å². The number of hydrogen-bond acceptors (Lipinski definition) is 3. The Morgan fingerprint density at radius 3 is 2.81 bits per heavy atom. The topological polar surface area (TPSA) is 58.5 Å². The van der Waals surface area contributed by atoms with E-state index in [-0.39, 0.29) is 4.90 Å². The van der Waals surface area contributed by atoms with Gasteiger partial charge in [-0.3, -0.25) is 4.72 Å². The number of sulfonamides is 1. The number of aliphatic imine (C=N–C) groups is 1. The minimum Gasteiger partial charge on any atom is -0.267 e. The lowest BCUT2D eigenvalue weighted by Gasteiger charge is -2.17. The fraction of sp³-hybridized carbons (Fsp3) is 0.364. The van der Waals surface area contributed by atoms with Gasteiger partial charge in [-0.15, -0.1) is 0 Å². The van der Waals surface area contributed by atoms with Gasteiger partial charge in [-0.1, -0.05) is 13.0 Å². The van der Waals surface area contributed by atoms with E-state index in [1.807, 2.05) is 13.8 Å². The average molecular weight is 238 g/mol. The average Bonchev–Trinajstić information content (AvgIpc) is 2.15. The molecular formula is C11H14N2O2S. The summed E-state index contributed by atoms with van der Waals surface area (Å²) >= 11 is 0. The van der Waals surface area contributed by atoms with Crippen molar-refractivity contribution >= 4 is 21.5 Å². The number of nitrogens with zero attached hydrogens (tertiary/aromatic N) is 1. The van der Waals surface area contributed by atoms with Gasteiger partial charge >= 0.3 is 0 Å². The number of nitrogens with one attached hydrogen (secondary N) is 1. The maximum Gasteiger partial charge on any atom is 0.264 e. The smallest absolute Gasteiger partial charge is 0.264 e. The van der Waals surface area contributed by atoms with Crippen molar-refractivity contribution in [2.75, 3.05) is 0 Å². The van der Waals surface area contributed by atoms with Crippen molar-refractivity contribution in [1.29, 1.82) is 0 Å². The quantitative estimate of drug-likeness (QED) is 0.858. The van der Waals surface area contributed by atoms with E-state index in [0.717, 1.165) is 12.0 Å². The van der Waals surface area contributed by atoms with Gasteiger partial charge in [0.25, 0.3) is 10.0 Å². The Morgan fingerprint density at radius 1 is 1.38 bits per heavy atom. The number of fused-ring (bicyclic) bond motifs is 1. The molecule has 1 aromatic rings. The summed E-state index contributed by atoms with van der Waals surface area (Å²) in [5.41, 5.74) is 1.55. The minimum absolute atomic E-state index is 0.262. The molecule has 0 aliphatic carbocycles. The van der Waals surface area contributed by atoms with E-state index in [2.05, 4.69) is 9.71 Å². The number of benzene rings is 1. The Balaban J connectivity index is 2.57. The number of amidine groups is 1. The SMILES string of the molecule is CCCC1=Nc2cc(C)ccc2S(=O)(=O)N1. The molecule has 1 N–H and O–H groups in total. The molecule has 0 atom stereocenters. The zero-order valence-electron chi connectivity index (χ0n) is 9.32. The maximum absolute atomic E-state index is 11.9. The first kappa shape index (κ1) is 11.1. The van der Waals surface area contributed by atoms with Crippen molar-refractivity contribution in [3.05, 3.63) is 23.8 Å². The highest BCUT2D eigenvalue weighted by molar-refractivity contribution is 7.90. The zero-order chi connectivity index (χ0) is 11.8. The molecular weight excluding hydrogens is 224 g/mol. The van der Waals surface area contributed by atoms with E-state index in [1.165, 1.54) is 0 Å². The highest BCUT2D eigenvalue weighted by Gasteiger charge is 2.24. The Bertz CT molecular complexity index is 547. The van der Waals surface area contributed by atoms with Crippen LogP contribution in [0.3, 0.4) is 0 Å². The lowest BCUT2D eigenvalue weighted by molar-refractivity contribution is 0.591. The highest BCUT2D eigenvalue weighted by atomic mass is 32.2. The van der Waals surface area contributed by atoms with Crippen LogP contribution in [0, 0.1) is 6.92 Å². The van der Waals surface area contributed by atoms with Crippen molar-refractivity contribution in [3.8, 4) is 0 Å². The van der Waals surface area contributed by atoms with Crippen LogP contribution in [0.25, 0.3) is 0 Å². The molecule has 1 aliphatic rings. The lowest BCUT2D eigenvalue weighted by Crippen LogP contribution is -2.33. The summed E-state index contributed by atoms with van der Waals surface area (Å²) in [6.07, 6.45) is 1.51. The standard InChI is InChI=1S/C11H14N2O2S/c1-3-4-11-12-9-7-8(2)5-6-10(9)16(14,15)13-11/h5-7H,3-4H2,1-2H3,(H,12,13). The van der Waals surface area contributed by atoms with Gasteiger partial charge in [0.15, 0.2) is 0 Å². The Kier molecular flexibility index (Phi) is 2.71. The Hall–Kier alpha value is -1.36. The third kappa shape index (κ3) is 1.95. The van der Waals surface area contributed by atoms with Gasteiger partial charge < -0.3 is 0 Å². The van der Waals surface area contributed by atoms with Crippen LogP contribution in [0.1, 0.15) is 25.3 Å². The van der Waals surface area contributed by atoms with E-state index in [1.54, 1.807) is 18.2 Å². The highest BCUT2D eigenvalue weighted by Crippen LogP contribution is 2.28. The molecule has 0 fully saturated rings. The van der Waals surface area contributed by atoms with Crippen molar-refractivity contribution in [2.45, 2.75) is 31.6 Å². The molecule has 0 saturated heterocycles. The molecule has 1 aromatic carbocycles. The molecule has 0 radical (unpaired) electrons. The molecule has 0 spiro atoms. The van der Waals surface area contributed by atoms with Crippen LogP contribution in [0.15, 0.2) is 28.1 Å². The van der Waals surface area contributed by atoms with Gasteiger partial charge in [-0.2, -0.15) is 0 Å². The molecule has 0 amide bonds. The van der Waals surface area contributed by atoms with Crippen LogP contribution in [0.4, 0.5) is 5.69 Å². The minimum atomic E-state index is -3.41. The van der Waals surface area contributed by atoms with Gasteiger partial charge in [0.2, 0.25) is 0 Å². The summed E-state index contributed by atoms with van der Waals surface area (Å²) in [7, 11) is -3.41. The monoisotopic (exact) mass is 238 g/mol. The molecule has 1 heterocycles. The van der Waals surface area contributed by atoms with Crippen molar-refractivity contribution in [3.63, 3.8) is 0 Å². The Labute approximate surface area is 95.5 Å². The van der Waals surface area contributed by atoms with E-state index >= 15 is 0 Å². The fourth-order valence-electron chi connectivity index (χ4n) is 1.66. The lowest BCUT2D eigenvalue weighted by atomic mass is 10.2. The van der Waals surface area contributed by atoms with E-state index < -0.39 is 10.0 Å². The maximum atomic E-state index is 11.9. The molecule has 0 saturated carbocycles. The second-order valence-corrected chi connectivity index (χ2v) is 5.54. The molecule has 0 aromatic heterocycles. The third-order valence-electron chi connectivity index (χ3n) is 2.40. The van der Waals surface area contributed by atoms with Crippen LogP contribution >= 0.6 is 0 Å². The summed E-state index contributed by atoms with van der Waals surface area (Å²) in [6, 6.07) is 5.17. The van der Waals surface area contributed by atoms with Gasteiger partial charge in [-0.05, 0) is 31.0 Å². The first-order valence-corrected chi connectivity index (χ1v) is 6.72. The first-order valence-electron chi connectivity index (χ1n) is 5.24. The Morgan fingerprint density at radius 2 is 2.12 bits per heavy atom. The molecule has 0 bridgehead atoms. The van der Waals surface area contributed by atoms with E-state index in [0.29, 0.717) is 17.9 Å². The van der Waals surface area contributed by atoms with Gasteiger partial charge in [0.05, 0.1) is 5.69 Å². The number of hydrogen-bond donors (Lipinski definition) is 1. The molecule has 5 heteroatoms. The summed E-state index contributed by atoms with van der Waals surface area (Å²) in [6.45, 7) is 3.91. The second kappa shape index (κ2) is 3.90. The molecule has 16 heavy (non-hydrogen) atoms. The van der Waals surface area contributed by atoms with E-state index in [4.69, 9.17) is 0 Å². The molecule has 86 valence electrons. The van der Waals surface area contributed by atoms with Crippen LogP contribution in [0.2, 0.25) is 0 Å². The largest absolute Gasteiger partial charge is 0.267 e. The fourth-order valence-corrected chi connectivity index (χ4v) is 2.86. The van der Waals surface area contributed by atoms with Crippen molar-refractivity contribution < 1.29 is 8.42 Å². The number of aryl methyl sites for hydroxylation is 1. The summed E-state index contributed by atoms with van der Waals surface area (Å²) in [5, 5.41) is 0. The first-order chi connectivity index (χ1) is 7.53. The van der Waals surface area contributed by atoms with Gasteiger partial charge in [0.1, 0.15) is 10.7 Å². The molecule has 4 nitrogen and oxygen atoms in total. The molecule has 2 rings (SSSR count). The third-order valence-corrected chi connectivity index (χ3v) is 3.83. The van der Waals surface area contributed by atoms with Crippen molar-refractivity contribution in [2.24, 2.45) is 4.99 Å². The predicted octanol–water partition coefficient (Wildman–Crippen LogP) is 2.12.